The predicted octanol–water partition coefficient (Wildman–Crippen LogP) is 3.85. The Hall–Kier alpha value is -0.840. The van der Waals surface area contributed by atoms with Crippen molar-refractivity contribution in [2.45, 2.75) is 13.0 Å². The van der Waals surface area contributed by atoms with Gasteiger partial charge in [-0.3, -0.25) is 0 Å². The van der Waals surface area contributed by atoms with Crippen LogP contribution in [0.3, 0.4) is 0 Å². The molecule has 0 radical (unpaired) electrons. The zero-order valence-electron chi connectivity index (χ0n) is 9.36. The van der Waals surface area contributed by atoms with Crippen molar-refractivity contribution in [2.75, 3.05) is 12.3 Å². The van der Waals surface area contributed by atoms with Crippen molar-refractivity contribution in [2.24, 2.45) is 0 Å². The van der Waals surface area contributed by atoms with Crippen molar-refractivity contribution in [1.82, 2.24) is 0 Å². The summed E-state index contributed by atoms with van der Waals surface area (Å²) in [5, 5.41) is 2.09. The van der Waals surface area contributed by atoms with E-state index in [-0.39, 0.29) is 0 Å². The van der Waals surface area contributed by atoms with Gasteiger partial charge in [-0.25, -0.2) is 0 Å². The molecular formula is C13H14BrNOS. The molecule has 1 aromatic heterocycles. The average molecular weight is 312 g/mol. The fraction of sp³-hybridized carbons (Fsp3) is 0.231. The summed E-state index contributed by atoms with van der Waals surface area (Å²) in [6.45, 7) is 1.36. The summed E-state index contributed by atoms with van der Waals surface area (Å²) in [5.74, 6) is 0. The first kappa shape index (κ1) is 12.6. The molecule has 90 valence electrons. The van der Waals surface area contributed by atoms with Crippen LogP contribution in [-0.2, 0) is 17.8 Å². The minimum Gasteiger partial charge on any atom is -0.398 e. The van der Waals surface area contributed by atoms with Gasteiger partial charge < -0.3 is 10.5 Å². The third kappa shape index (κ3) is 3.84. The van der Waals surface area contributed by atoms with E-state index in [1.54, 1.807) is 11.3 Å². The molecule has 2 nitrogen and oxygen atoms in total. The average Bonchev–Trinajstić information content (AvgIpc) is 2.82. The lowest BCUT2D eigenvalue weighted by Crippen LogP contribution is -1.98. The molecule has 0 bridgehead atoms. The number of rotatable bonds is 5. The van der Waals surface area contributed by atoms with Crippen LogP contribution in [0.2, 0.25) is 0 Å². The number of thiophene rings is 1. The number of ether oxygens (including phenoxy) is 1. The molecule has 0 fully saturated rings. The highest BCUT2D eigenvalue weighted by molar-refractivity contribution is 9.10. The van der Waals surface area contributed by atoms with Gasteiger partial charge in [0.2, 0.25) is 0 Å². The largest absolute Gasteiger partial charge is 0.398 e. The Bertz CT molecular complexity index is 470. The van der Waals surface area contributed by atoms with E-state index in [0.29, 0.717) is 6.61 Å². The van der Waals surface area contributed by atoms with Gasteiger partial charge in [0.05, 0.1) is 13.2 Å². The minimum absolute atomic E-state index is 0.614. The lowest BCUT2D eigenvalue weighted by molar-refractivity contribution is 0.124. The molecule has 0 saturated heterocycles. The Labute approximate surface area is 114 Å². The van der Waals surface area contributed by atoms with Crippen molar-refractivity contribution in [1.29, 1.82) is 0 Å². The molecule has 4 heteroatoms. The summed E-state index contributed by atoms with van der Waals surface area (Å²) < 4.78 is 6.55. The normalized spacial score (nSPS) is 10.6. The van der Waals surface area contributed by atoms with Crippen LogP contribution in [0.25, 0.3) is 0 Å². The van der Waals surface area contributed by atoms with Gasteiger partial charge in [-0.2, -0.15) is 0 Å². The van der Waals surface area contributed by atoms with Crippen LogP contribution in [0.15, 0.2) is 40.2 Å². The van der Waals surface area contributed by atoms with Gasteiger partial charge >= 0.3 is 0 Å². The number of hydrogen-bond donors (Lipinski definition) is 1. The number of nitrogen functional groups attached to an aromatic ring is 1. The van der Waals surface area contributed by atoms with E-state index in [0.717, 1.165) is 28.8 Å². The minimum atomic E-state index is 0.614. The van der Waals surface area contributed by atoms with Gasteiger partial charge in [0.15, 0.2) is 0 Å². The van der Waals surface area contributed by atoms with Crippen molar-refractivity contribution in [3.05, 3.63) is 50.6 Å². The van der Waals surface area contributed by atoms with Crippen LogP contribution in [0, 0.1) is 0 Å². The lowest BCUT2D eigenvalue weighted by Gasteiger charge is -2.05. The molecule has 0 aliphatic rings. The highest BCUT2D eigenvalue weighted by Crippen LogP contribution is 2.20. The third-order valence-electron chi connectivity index (χ3n) is 2.40. The van der Waals surface area contributed by atoms with Crippen LogP contribution in [-0.4, -0.2) is 6.61 Å². The van der Waals surface area contributed by atoms with Crippen LogP contribution < -0.4 is 5.73 Å². The van der Waals surface area contributed by atoms with Crippen molar-refractivity contribution in [3.8, 4) is 0 Å². The van der Waals surface area contributed by atoms with E-state index in [4.69, 9.17) is 10.5 Å². The van der Waals surface area contributed by atoms with E-state index >= 15 is 0 Å². The second kappa shape index (κ2) is 6.19. The SMILES string of the molecule is Nc1cc(COCCc2cccs2)ccc1Br. The number of hydrogen-bond acceptors (Lipinski definition) is 3. The molecule has 0 atom stereocenters. The Morgan fingerprint density at radius 2 is 2.18 bits per heavy atom. The van der Waals surface area contributed by atoms with Crippen molar-refractivity contribution in [3.63, 3.8) is 0 Å². The Morgan fingerprint density at radius 1 is 1.29 bits per heavy atom. The van der Waals surface area contributed by atoms with E-state index in [2.05, 4.69) is 33.4 Å². The fourth-order valence-corrected chi connectivity index (χ4v) is 2.44. The molecule has 0 aliphatic heterocycles. The van der Waals surface area contributed by atoms with E-state index < -0.39 is 0 Å². The summed E-state index contributed by atoms with van der Waals surface area (Å²) in [6.07, 6.45) is 0.976. The van der Waals surface area contributed by atoms with E-state index in [9.17, 15) is 0 Å². The summed E-state index contributed by atoms with van der Waals surface area (Å²) in [5.41, 5.74) is 7.66. The van der Waals surface area contributed by atoms with E-state index in [1.807, 2.05) is 18.2 Å². The molecule has 1 heterocycles. The Balaban J connectivity index is 1.76. The van der Waals surface area contributed by atoms with Crippen LogP contribution in [0.4, 0.5) is 5.69 Å². The first-order chi connectivity index (χ1) is 8.25. The molecule has 0 aliphatic carbocycles. The maximum atomic E-state index is 5.80. The van der Waals surface area contributed by atoms with Crippen LogP contribution >= 0.6 is 27.3 Å². The third-order valence-corrected chi connectivity index (χ3v) is 4.06. The topological polar surface area (TPSA) is 35.2 Å². The first-order valence-electron chi connectivity index (χ1n) is 5.40. The van der Waals surface area contributed by atoms with Crippen molar-refractivity contribution >= 4 is 33.0 Å². The molecule has 1 aromatic carbocycles. The molecule has 0 saturated carbocycles. The van der Waals surface area contributed by atoms with Gasteiger partial charge in [-0.15, -0.1) is 11.3 Å². The molecule has 0 amide bonds. The molecule has 17 heavy (non-hydrogen) atoms. The number of benzene rings is 1. The van der Waals surface area contributed by atoms with Gasteiger partial charge in [-0.1, -0.05) is 12.1 Å². The highest BCUT2D eigenvalue weighted by Gasteiger charge is 1.99. The standard InChI is InChI=1S/C13H14BrNOS/c14-12-4-3-10(8-13(12)15)9-16-6-5-11-2-1-7-17-11/h1-4,7-8H,5-6,9,15H2. The molecule has 0 spiro atoms. The van der Waals surface area contributed by atoms with Crippen molar-refractivity contribution < 1.29 is 4.74 Å². The zero-order valence-corrected chi connectivity index (χ0v) is 11.8. The second-order valence-electron chi connectivity index (χ2n) is 3.74. The number of nitrogens with two attached hydrogens (primary N) is 1. The monoisotopic (exact) mass is 311 g/mol. The smallest absolute Gasteiger partial charge is 0.0717 e. The summed E-state index contributed by atoms with van der Waals surface area (Å²) in [6, 6.07) is 10.1. The number of anilines is 1. The maximum absolute atomic E-state index is 5.80. The van der Waals surface area contributed by atoms with E-state index in [1.165, 1.54) is 4.88 Å². The Morgan fingerprint density at radius 3 is 2.88 bits per heavy atom. The summed E-state index contributed by atoms with van der Waals surface area (Å²) in [4.78, 5) is 1.36. The van der Waals surface area contributed by atoms with Crippen LogP contribution in [0.1, 0.15) is 10.4 Å². The van der Waals surface area contributed by atoms with Gasteiger partial charge in [0.25, 0.3) is 0 Å². The molecule has 0 unspecified atom stereocenters. The maximum Gasteiger partial charge on any atom is 0.0717 e. The summed E-state index contributed by atoms with van der Waals surface area (Å²) >= 11 is 5.14. The fourth-order valence-electron chi connectivity index (χ4n) is 1.50. The molecule has 2 rings (SSSR count). The predicted molar refractivity (Wildman–Crippen MR) is 76.2 cm³/mol. The zero-order chi connectivity index (χ0) is 12.1. The quantitative estimate of drug-likeness (QED) is 0.672. The lowest BCUT2D eigenvalue weighted by atomic mass is 10.2. The Kier molecular flexibility index (Phi) is 4.59. The summed E-state index contributed by atoms with van der Waals surface area (Å²) in [7, 11) is 0. The number of halogens is 1. The van der Waals surface area contributed by atoms with Crippen LogP contribution in [0.5, 0.6) is 0 Å². The van der Waals surface area contributed by atoms with Gasteiger partial charge in [0, 0.05) is 21.5 Å². The van der Waals surface area contributed by atoms with Gasteiger partial charge in [0.1, 0.15) is 0 Å². The van der Waals surface area contributed by atoms with Gasteiger partial charge in [-0.05, 0) is 45.1 Å². The molecule has 2 N–H and O–H groups in total. The highest BCUT2D eigenvalue weighted by atomic mass is 79.9. The first-order valence-corrected chi connectivity index (χ1v) is 7.07. The molecular weight excluding hydrogens is 298 g/mol. The molecule has 2 aromatic rings. The second-order valence-corrected chi connectivity index (χ2v) is 5.62.